The molecule has 0 saturated heterocycles. The van der Waals surface area contributed by atoms with Crippen molar-refractivity contribution in [1.29, 1.82) is 0 Å². The number of carbonyl (C=O) groups excluding carboxylic acids is 1. The molecule has 0 aliphatic rings. The summed E-state index contributed by atoms with van der Waals surface area (Å²) in [6.45, 7) is 16.6. The van der Waals surface area contributed by atoms with Gasteiger partial charge in [-0.3, -0.25) is 9.89 Å². The molecule has 1 aromatic heterocycles. The van der Waals surface area contributed by atoms with Gasteiger partial charge in [0, 0.05) is 11.0 Å². The van der Waals surface area contributed by atoms with Crippen LogP contribution in [0.1, 0.15) is 78.3 Å². The van der Waals surface area contributed by atoms with E-state index in [4.69, 9.17) is 0 Å². The van der Waals surface area contributed by atoms with E-state index in [0.717, 1.165) is 12.2 Å². The summed E-state index contributed by atoms with van der Waals surface area (Å²) in [6, 6.07) is 0. The highest BCUT2D eigenvalue weighted by Gasteiger charge is 2.29. The second-order valence-electron chi connectivity index (χ2n) is 8.33. The summed E-state index contributed by atoms with van der Waals surface area (Å²) in [5, 5.41) is 9.86. The highest BCUT2D eigenvalue weighted by molar-refractivity contribution is 5.90. The lowest BCUT2D eigenvalue weighted by atomic mass is 9.82. The lowest BCUT2D eigenvalue weighted by molar-refractivity contribution is 0.0881. The number of hydrogen-bond acceptors (Lipinski definition) is 3. The molecule has 0 aliphatic carbocycles. The van der Waals surface area contributed by atoms with Crippen LogP contribution < -0.4 is 5.32 Å². The van der Waals surface area contributed by atoms with Gasteiger partial charge in [0.1, 0.15) is 5.82 Å². The van der Waals surface area contributed by atoms with Crippen LogP contribution in [0.25, 0.3) is 0 Å². The molecule has 0 radical (unpaired) electrons. The first-order valence-corrected chi connectivity index (χ1v) is 7.06. The van der Waals surface area contributed by atoms with Crippen molar-refractivity contribution in [2.75, 3.05) is 0 Å². The SMILES string of the molecule is CC(C)(C)CC(C)(C)NC(=O)c1n[nH]c(C(C)(C)C)n1. The van der Waals surface area contributed by atoms with Crippen LogP contribution in [-0.2, 0) is 5.41 Å². The van der Waals surface area contributed by atoms with Gasteiger partial charge in [-0.05, 0) is 25.7 Å². The van der Waals surface area contributed by atoms with Crippen LogP contribution in [0.5, 0.6) is 0 Å². The third kappa shape index (κ3) is 4.94. The number of nitrogens with zero attached hydrogens (tertiary/aromatic N) is 2. The van der Waals surface area contributed by atoms with E-state index in [0.29, 0.717) is 0 Å². The number of hydrogen-bond donors (Lipinski definition) is 2. The zero-order chi connectivity index (χ0) is 15.8. The van der Waals surface area contributed by atoms with Gasteiger partial charge < -0.3 is 5.32 Å². The fourth-order valence-electron chi connectivity index (χ4n) is 2.43. The third-order valence-electron chi connectivity index (χ3n) is 2.82. The average Bonchev–Trinajstić information content (AvgIpc) is 2.59. The molecule has 5 heteroatoms. The molecule has 1 heterocycles. The summed E-state index contributed by atoms with van der Waals surface area (Å²) < 4.78 is 0. The average molecular weight is 280 g/mol. The number of H-pyrrole nitrogens is 1. The fourth-order valence-corrected chi connectivity index (χ4v) is 2.43. The Bertz CT molecular complexity index is 475. The Morgan fingerprint density at radius 3 is 2.05 bits per heavy atom. The molecule has 0 unspecified atom stereocenters. The Morgan fingerprint density at radius 2 is 1.65 bits per heavy atom. The van der Waals surface area contributed by atoms with E-state index in [-0.39, 0.29) is 28.1 Å². The molecule has 2 N–H and O–H groups in total. The van der Waals surface area contributed by atoms with Gasteiger partial charge in [-0.25, -0.2) is 4.98 Å². The van der Waals surface area contributed by atoms with E-state index in [1.165, 1.54) is 0 Å². The van der Waals surface area contributed by atoms with Crippen molar-refractivity contribution < 1.29 is 4.79 Å². The molecule has 0 aliphatic heterocycles. The van der Waals surface area contributed by atoms with Crippen molar-refractivity contribution in [1.82, 2.24) is 20.5 Å². The minimum absolute atomic E-state index is 0.145. The summed E-state index contributed by atoms with van der Waals surface area (Å²) in [5.41, 5.74) is -0.295. The largest absolute Gasteiger partial charge is 0.344 e. The summed E-state index contributed by atoms with van der Waals surface area (Å²) in [6.07, 6.45) is 0.877. The number of aromatic nitrogens is 3. The molecular formula is C15H28N4O. The van der Waals surface area contributed by atoms with Crippen LogP contribution in [0, 0.1) is 5.41 Å². The Kier molecular flexibility index (Phi) is 4.32. The van der Waals surface area contributed by atoms with Gasteiger partial charge in [0.2, 0.25) is 5.82 Å². The summed E-state index contributed by atoms with van der Waals surface area (Å²) in [5.74, 6) is 0.694. The van der Waals surface area contributed by atoms with Crippen LogP contribution >= 0.6 is 0 Å². The maximum Gasteiger partial charge on any atom is 0.291 e. The molecule has 0 bridgehead atoms. The van der Waals surface area contributed by atoms with Gasteiger partial charge in [-0.15, -0.1) is 5.10 Å². The monoisotopic (exact) mass is 280 g/mol. The lowest BCUT2D eigenvalue weighted by Crippen LogP contribution is -2.46. The number of aromatic amines is 1. The molecule has 20 heavy (non-hydrogen) atoms. The molecule has 0 atom stereocenters. The van der Waals surface area contributed by atoms with Crippen LogP contribution in [0.15, 0.2) is 0 Å². The van der Waals surface area contributed by atoms with E-state index in [1.54, 1.807) is 0 Å². The molecule has 1 rings (SSSR count). The van der Waals surface area contributed by atoms with Crippen molar-refractivity contribution in [3.05, 3.63) is 11.6 Å². The molecule has 0 saturated carbocycles. The Morgan fingerprint density at radius 1 is 1.10 bits per heavy atom. The van der Waals surface area contributed by atoms with E-state index in [1.807, 2.05) is 34.6 Å². The summed E-state index contributed by atoms with van der Waals surface area (Å²) in [4.78, 5) is 16.5. The third-order valence-corrected chi connectivity index (χ3v) is 2.82. The second kappa shape index (κ2) is 5.19. The Hall–Kier alpha value is -1.39. The van der Waals surface area contributed by atoms with Crippen LogP contribution in [0.2, 0.25) is 0 Å². The first kappa shape index (κ1) is 16.7. The smallest absolute Gasteiger partial charge is 0.291 e. The lowest BCUT2D eigenvalue weighted by Gasteiger charge is -2.32. The molecule has 114 valence electrons. The molecular weight excluding hydrogens is 252 g/mol. The van der Waals surface area contributed by atoms with Crippen molar-refractivity contribution in [3.8, 4) is 0 Å². The highest BCUT2D eigenvalue weighted by atomic mass is 16.2. The van der Waals surface area contributed by atoms with Crippen molar-refractivity contribution in [3.63, 3.8) is 0 Å². The maximum absolute atomic E-state index is 12.2. The topological polar surface area (TPSA) is 70.7 Å². The highest BCUT2D eigenvalue weighted by Crippen LogP contribution is 2.27. The number of carbonyl (C=O) groups is 1. The number of amides is 1. The van der Waals surface area contributed by atoms with E-state index in [9.17, 15) is 4.79 Å². The van der Waals surface area contributed by atoms with Crippen molar-refractivity contribution >= 4 is 5.91 Å². The Balaban J connectivity index is 2.79. The van der Waals surface area contributed by atoms with Crippen LogP contribution in [0.4, 0.5) is 0 Å². The van der Waals surface area contributed by atoms with Crippen molar-refractivity contribution in [2.24, 2.45) is 5.41 Å². The molecule has 1 aromatic rings. The van der Waals surface area contributed by atoms with Gasteiger partial charge in [0.05, 0.1) is 0 Å². The van der Waals surface area contributed by atoms with Gasteiger partial charge >= 0.3 is 0 Å². The minimum atomic E-state index is -0.294. The quantitative estimate of drug-likeness (QED) is 0.894. The van der Waals surface area contributed by atoms with Gasteiger partial charge in [-0.2, -0.15) is 0 Å². The first-order chi connectivity index (χ1) is 8.80. The predicted molar refractivity (Wildman–Crippen MR) is 80.7 cm³/mol. The molecule has 5 nitrogen and oxygen atoms in total. The van der Waals surface area contributed by atoms with E-state index in [2.05, 4.69) is 41.3 Å². The zero-order valence-corrected chi connectivity index (χ0v) is 14.0. The van der Waals surface area contributed by atoms with Gasteiger partial charge in [0.15, 0.2) is 0 Å². The Labute approximate surface area is 122 Å². The maximum atomic E-state index is 12.2. The standard InChI is InChI=1S/C15H28N4O/c1-13(2,3)9-15(7,8)17-11(20)10-16-12(19-18-10)14(4,5)6/h9H2,1-8H3,(H,17,20)(H,16,18,19). The molecule has 0 spiro atoms. The van der Waals surface area contributed by atoms with Crippen LogP contribution in [-0.4, -0.2) is 26.6 Å². The minimum Gasteiger partial charge on any atom is -0.344 e. The van der Waals surface area contributed by atoms with Gasteiger partial charge in [-0.1, -0.05) is 41.5 Å². The number of nitrogens with one attached hydrogen (secondary N) is 2. The van der Waals surface area contributed by atoms with Gasteiger partial charge in [0.25, 0.3) is 5.91 Å². The first-order valence-electron chi connectivity index (χ1n) is 7.06. The van der Waals surface area contributed by atoms with E-state index < -0.39 is 0 Å². The molecule has 0 fully saturated rings. The number of rotatable bonds is 3. The normalized spacial score (nSPS) is 13.4. The summed E-state index contributed by atoms with van der Waals surface area (Å²) >= 11 is 0. The van der Waals surface area contributed by atoms with E-state index >= 15 is 0 Å². The summed E-state index contributed by atoms with van der Waals surface area (Å²) in [7, 11) is 0. The molecule has 1 amide bonds. The zero-order valence-electron chi connectivity index (χ0n) is 14.0. The van der Waals surface area contributed by atoms with Crippen LogP contribution in [0.3, 0.4) is 0 Å². The van der Waals surface area contributed by atoms with Crippen molar-refractivity contribution in [2.45, 2.75) is 72.8 Å². The second-order valence-corrected chi connectivity index (χ2v) is 8.33. The fraction of sp³-hybridized carbons (Fsp3) is 0.800. The predicted octanol–water partition coefficient (Wildman–Crippen LogP) is 3.05. The molecule has 0 aromatic carbocycles.